The van der Waals surface area contributed by atoms with Crippen molar-refractivity contribution in [3.05, 3.63) is 89.0 Å². The fraction of sp³-hybridized carbons (Fsp3) is 0.0556. The molecular weight excluding hydrogens is 282 g/mol. The van der Waals surface area contributed by atoms with Crippen molar-refractivity contribution in [3.63, 3.8) is 0 Å². The zero-order valence-corrected chi connectivity index (χ0v) is 12.0. The largest absolute Gasteiger partial charge is 0.322 e. The van der Waals surface area contributed by atoms with E-state index in [-0.39, 0.29) is 11.8 Å². The quantitative estimate of drug-likeness (QED) is 0.865. The smallest absolute Gasteiger partial charge is 0.255 e. The van der Waals surface area contributed by atoms with Gasteiger partial charge in [-0.05, 0) is 35.9 Å². The van der Waals surface area contributed by atoms with E-state index in [2.05, 4.69) is 17.5 Å². The molecule has 1 aliphatic rings. The molecule has 0 radical (unpaired) electrons. The monoisotopic (exact) mass is 295 g/mol. The van der Waals surface area contributed by atoms with Crippen molar-refractivity contribution in [2.24, 2.45) is 0 Å². The minimum absolute atomic E-state index is 0.134. The number of carbonyl (C=O) groups excluding carboxylic acids is 1. The second kappa shape index (κ2) is 5.98. The third-order valence-electron chi connectivity index (χ3n) is 3.42. The molecule has 2 aromatic rings. The highest BCUT2D eigenvalue weighted by Gasteiger charge is 2.14. The van der Waals surface area contributed by atoms with Crippen LogP contribution < -0.4 is 5.32 Å². The van der Waals surface area contributed by atoms with Crippen molar-refractivity contribution in [2.45, 2.75) is 5.92 Å². The van der Waals surface area contributed by atoms with Gasteiger partial charge in [-0.2, -0.15) is 0 Å². The number of amides is 1. The molecule has 1 aliphatic carbocycles. The highest BCUT2D eigenvalue weighted by molar-refractivity contribution is 6.30. The van der Waals surface area contributed by atoms with Gasteiger partial charge < -0.3 is 5.32 Å². The predicted octanol–water partition coefficient (Wildman–Crippen LogP) is 4.80. The van der Waals surface area contributed by atoms with Crippen LogP contribution in [0.1, 0.15) is 21.8 Å². The van der Waals surface area contributed by atoms with Crippen molar-refractivity contribution < 1.29 is 4.79 Å². The fourth-order valence-electron chi connectivity index (χ4n) is 2.34. The maximum atomic E-state index is 12.3. The van der Waals surface area contributed by atoms with Crippen molar-refractivity contribution in [1.82, 2.24) is 0 Å². The van der Waals surface area contributed by atoms with E-state index in [9.17, 15) is 4.79 Å². The molecule has 0 saturated heterocycles. The van der Waals surface area contributed by atoms with Crippen molar-refractivity contribution in [2.75, 3.05) is 5.32 Å². The number of carbonyl (C=O) groups is 1. The van der Waals surface area contributed by atoms with E-state index in [0.29, 0.717) is 10.6 Å². The van der Waals surface area contributed by atoms with Crippen LogP contribution in [0.3, 0.4) is 0 Å². The molecule has 0 saturated carbocycles. The first-order chi connectivity index (χ1) is 10.2. The summed E-state index contributed by atoms with van der Waals surface area (Å²) in [6, 6.07) is 14.7. The minimum atomic E-state index is -0.134. The van der Waals surface area contributed by atoms with Crippen LogP contribution in [0.4, 0.5) is 5.69 Å². The van der Waals surface area contributed by atoms with Gasteiger partial charge in [0, 0.05) is 22.2 Å². The molecule has 3 heteroatoms. The van der Waals surface area contributed by atoms with Gasteiger partial charge in [0.05, 0.1) is 0 Å². The molecule has 0 spiro atoms. The summed E-state index contributed by atoms with van der Waals surface area (Å²) in [6.45, 7) is 0. The van der Waals surface area contributed by atoms with Gasteiger partial charge in [-0.15, -0.1) is 0 Å². The Morgan fingerprint density at radius 1 is 0.952 bits per heavy atom. The SMILES string of the molecule is O=C(Nc1ccccc1C1C=CC=C1)c1ccc(Cl)cc1. The summed E-state index contributed by atoms with van der Waals surface area (Å²) < 4.78 is 0. The highest BCUT2D eigenvalue weighted by Crippen LogP contribution is 2.29. The number of anilines is 1. The molecule has 2 aromatic carbocycles. The van der Waals surface area contributed by atoms with Gasteiger partial charge in [0.15, 0.2) is 0 Å². The maximum Gasteiger partial charge on any atom is 0.255 e. The van der Waals surface area contributed by atoms with Crippen LogP contribution in [0.25, 0.3) is 0 Å². The number of rotatable bonds is 3. The number of nitrogens with one attached hydrogen (secondary N) is 1. The highest BCUT2D eigenvalue weighted by atomic mass is 35.5. The van der Waals surface area contributed by atoms with E-state index in [4.69, 9.17) is 11.6 Å². The Morgan fingerprint density at radius 2 is 1.62 bits per heavy atom. The first kappa shape index (κ1) is 13.7. The molecule has 0 heterocycles. The summed E-state index contributed by atoms with van der Waals surface area (Å²) in [6.07, 6.45) is 8.24. The second-order valence-electron chi connectivity index (χ2n) is 4.84. The van der Waals surface area contributed by atoms with E-state index in [1.165, 1.54) is 0 Å². The third kappa shape index (κ3) is 3.06. The average molecular weight is 296 g/mol. The lowest BCUT2D eigenvalue weighted by Gasteiger charge is -2.14. The van der Waals surface area contributed by atoms with Crippen LogP contribution in [0.2, 0.25) is 5.02 Å². The second-order valence-corrected chi connectivity index (χ2v) is 5.28. The lowest BCUT2D eigenvalue weighted by molar-refractivity contribution is 0.102. The Morgan fingerprint density at radius 3 is 2.33 bits per heavy atom. The molecular formula is C18H14ClNO. The topological polar surface area (TPSA) is 29.1 Å². The van der Waals surface area contributed by atoms with E-state index in [1.807, 2.05) is 36.4 Å². The zero-order chi connectivity index (χ0) is 14.7. The van der Waals surface area contributed by atoms with Gasteiger partial charge in [-0.25, -0.2) is 0 Å². The summed E-state index contributed by atoms with van der Waals surface area (Å²) in [7, 11) is 0. The van der Waals surface area contributed by atoms with Crippen LogP contribution in [0.5, 0.6) is 0 Å². The predicted molar refractivity (Wildman–Crippen MR) is 86.9 cm³/mol. The molecule has 0 unspecified atom stereocenters. The van der Waals surface area contributed by atoms with Gasteiger partial charge in [-0.3, -0.25) is 4.79 Å². The minimum Gasteiger partial charge on any atom is -0.322 e. The summed E-state index contributed by atoms with van der Waals surface area (Å²) >= 11 is 5.84. The van der Waals surface area contributed by atoms with E-state index in [1.54, 1.807) is 24.3 Å². The molecule has 1 amide bonds. The lowest BCUT2D eigenvalue weighted by atomic mass is 9.98. The third-order valence-corrected chi connectivity index (χ3v) is 3.67. The molecule has 0 bridgehead atoms. The fourth-order valence-corrected chi connectivity index (χ4v) is 2.46. The number of halogens is 1. The normalized spacial score (nSPS) is 13.6. The Balaban J connectivity index is 1.84. The van der Waals surface area contributed by atoms with Gasteiger partial charge in [0.25, 0.3) is 5.91 Å². The number of para-hydroxylation sites is 1. The van der Waals surface area contributed by atoms with Crippen LogP contribution >= 0.6 is 11.6 Å². The molecule has 21 heavy (non-hydrogen) atoms. The van der Waals surface area contributed by atoms with Crippen LogP contribution in [0, 0.1) is 0 Å². The Hall–Kier alpha value is -2.32. The van der Waals surface area contributed by atoms with Gasteiger partial charge in [-0.1, -0.05) is 54.1 Å². The lowest BCUT2D eigenvalue weighted by Crippen LogP contribution is -2.13. The van der Waals surface area contributed by atoms with Crippen molar-refractivity contribution in [3.8, 4) is 0 Å². The molecule has 0 atom stereocenters. The number of hydrogen-bond donors (Lipinski definition) is 1. The Kier molecular flexibility index (Phi) is 3.89. The van der Waals surface area contributed by atoms with Crippen LogP contribution in [0.15, 0.2) is 72.8 Å². The molecule has 3 rings (SSSR count). The van der Waals surface area contributed by atoms with Gasteiger partial charge in [0.1, 0.15) is 0 Å². The average Bonchev–Trinajstić information content (AvgIpc) is 3.02. The van der Waals surface area contributed by atoms with E-state index >= 15 is 0 Å². The number of hydrogen-bond acceptors (Lipinski definition) is 1. The maximum absolute atomic E-state index is 12.3. The summed E-state index contributed by atoms with van der Waals surface area (Å²) in [5.41, 5.74) is 2.51. The standard InChI is InChI=1S/C18H14ClNO/c19-15-11-9-14(10-12-15)18(21)20-17-8-4-3-7-16(17)13-5-1-2-6-13/h1-13H,(H,20,21). The number of benzene rings is 2. The molecule has 0 aromatic heterocycles. The first-order valence-electron chi connectivity index (χ1n) is 6.75. The molecule has 104 valence electrons. The first-order valence-corrected chi connectivity index (χ1v) is 7.13. The van der Waals surface area contributed by atoms with E-state index in [0.717, 1.165) is 11.3 Å². The Labute approximate surface area is 128 Å². The number of allylic oxidation sites excluding steroid dienone is 4. The van der Waals surface area contributed by atoms with Gasteiger partial charge in [0.2, 0.25) is 0 Å². The van der Waals surface area contributed by atoms with Crippen LogP contribution in [-0.4, -0.2) is 5.91 Å². The summed E-state index contributed by atoms with van der Waals surface area (Å²) in [4.78, 5) is 12.3. The zero-order valence-electron chi connectivity index (χ0n) is 11.3. The molecule has 2 nitrogen and oxygen atoms in total. The molecule has 1 N–H and O–H groups in total. The summed E-state index contributed by atoms with van der Waals surface area (Å²) in [5.74, 6) is 0.0804. The molecule has 0 aliphatic heterocycles. The van der Waals surface area contributed by atoms with E-state index < -0.39 is 0 Å². The van der Waals surface area contributed by atoms with Crippen molar-refractivity contribution >= 4 is 23.2 Å². The summed E-state index contributed by atoms with van der Waals surface area (Å²) in [5, 5.41) is 3.59. The van der Waals surface area contributed by atoms with Crippen molar-refractivity contribution in [1.29, 1.82) is 0 Å². The molecule has 0 fully saturated rings. The van der Waals surface area contributed by atoms with Gasteiger partial charge >= 0.3 is 0 Å². The Bertz CT molecular complexity index is 704. The van der Waals surface area contributed by atoms with Crippen LogP contribution in [-0.2, 0) is 0 Å².